The summed E-state index contributed by atoms with van der Waals surface area (Å²) in [5.74, 6) is -0.696. The summed E-state index contributed by atoms with van der Waals surface area (Å²) >= 11 is 0. The molecule has 0 unspecified atom stereocenters. The van der Waals surface area contributed by atoms with Gasteiger partial charge < -0.3 is 4.74 Å². The number of benzene rings is 1. The molecule has 0 saturated heterocycles. The number of esters is 1. The minimum Gasteiger partial charge on any atom is -0.454 e. The van der Waals surface area contributed by atoms with Crippen molar-refractivity contribution in [2.75, 3.05) is 0 Å². The van der Waals surface area contributed by atoms with Crippen molar-refractivity contribution in [1.82, 2.24) is 19.2 Å². The third-order valence-electron chi connectivity index (χ3n) is 4.38. The zero-order valence-electron chi connectivity index (χ0n) is 15.2. The number of hydrogen-bond donors (Lipinski definition) is 0. The molecular formula is C20H16N4O4. The number of hydrogen-bond acceptors (Lipinski definition) is 6. The van der Waals surface area contributed by atoms with Gasteiger partial charge >= 0.3 is 5.97 Å². The Kier molecular flexibility index (Phi) is 4.23. The lowest BCUT2D eigenvalue weighted by Crippen LogP contribution is -2.24. The molecule has 0 amide bonds. The van der Waals surface area contributed by atoms with E-state index >= 15 is 0 Å². The predicted molar refractivity (Wildman–Crippen MR) is 102 cm³/mol. The lowest BCUT2D eigenvalue weighted by atomic mass is 10.1. The van der Waals surface area contributed by atoms with E-state index < -0.39 is 5.97 Å². The summed E-state index contributed by atoms with van der Waals surface area (Å²) < 4.78 is 7.84. The molecule has 0 radical (unpaired) electrons. The van der Waals surface area contributed by atoms with Gasteiger partial charge in [0.25, 0.3) is 11.1 Å². The Morgan fingerprint density at radius 3 is 2.64 bits per heavy atom. The van der Waals surface area contributed by atoms with E-state index in [2.05, 4.69) is 10.1 Å². The number of rotatable bonds is 3. The number of carbonyl (C=O) groups is 1. The molecule has 8 heteroatoms. The molecule has 0 saturated carbocycles. The van der Waals surface area contributed by atoms with E-state index in [0.29, 0.717) is 22.1 Å². The molecule has 1 aromatic carbocycles. The maximum absolute atomic E-state index is 12.6. The fraction of sp³-hybridized carbons (Fsp3) is 0.150. The quantitative estimate of drug-likeness (QED) is 0.504. The lowest BCUT2D eigenvalue weighted by Gasteiger charge is -2.09. The van der Waals surface area contributed by atoms with E-state index in [0.717, 1.165) is 10.2 Å². The predicted octanol–water partition coefficient (Wildman–Crippen LogP) is 1.61. The van der Waals surface area contributed by atoms with Crippen molar-refractivity contribution in [3.63, 3.8) is 0 Å². The van der Waals surface area contributed by atoms with Gasteiger partial charge in [-0.15, -0.1) is 0 Å². The van der Waals surface area contributed by atoms with Crippen LogP contribution in [0.4, 0.5) is 0 Å². The minimum absolute atomic E-state index is 0.0334. The maximum Gasteiger partial charge on any atom is 0.359 e. The first-order chi connectivity index (χ1) is 13.4. The summed E-state index contributed by atoms with van der Waals surface area (Å²) in [6, 6.07) is 11.6. The Bertz CT molecular complexity index is 1350. The standard InChI is InChI=1S/C20H16N4O4/c1-12-7-8-24-16(9-12)21-13(10-17(24)25)11-28-20(27)18-14-5-3-4-6-15(14)19(26)23(2)22-18/h3-10H,11H2,1-2H3. The van der Waals surface area contributed by atoms with Crippen LogP contribution in [0.2, 0.25) is 0 Å². The minimum atomic E-state index is -0.696. The first-order valence-corrected chi connectivity index (χ1v) is 8.56. The Morgan fingerprint density at radius 2 is 1.86 bits per heavy atom. The largest absolute Gasteiger partial charge is 0.454 e. The summed E-state index contributed by atoms with van der Waals surface area (Å²) in [4.78, 5) is 41.3. The third-order valence-corrected chi connectivity index (χ3v) is 4.38. The molecule has 140 valence electrons. The van der Waals surface area contributed by atoms with Crippen LogP contribution in [0.15, 0.2) is 58.3 Å². The van der Waals surface area contributed by atoms with Gasteiger partial charge in [0.05, 0.1) is 11.1 Å². The first-order valence-electron chi connectivity index (χ1n) is 8.56. The number of nitrogens with zero attached hydrogens (tertiary/aromatic N) is 4. The second-order valence-electron chi connectivity index (χ2n) is 6.42. The molecule has 0 aliphatic heterocycles. The number of carbonyl (C=O) groups excluding carboxylic acids is 1. The van der Waals surface area contributed by atoms with Crippen molar-refractivity contribution in [3.8, 4) is 0 Å². The van der Waals surface area contributed by atoms with Gasteiger partial charge in [-0.2, -0.15) is 5.10 Å². The average Bonchev–Trinajstić information content (AvgIpc) is 2.68. The monoisotopic (exact) mass is 376 g/mol. The zero-order valence-corrected chi connectivity index (χ0v) is 15.2. The highest BCUT2D eigenvalue weighted by molar-refractivity contribution is 6.02. The fourth-order valence-electron chi connectivity index (χ4n) is 2.99. The molecule has 0 bridgehead atoms. The molecule has 4 aromatic rings. The average molecular weight is 376 g/mol. The molecule has 28 heavy (non-hydrogen) atoms. The molecule has 4 rings (SSSR count). The van der Waals surface area contributed by atoms with E-state index in [1.165, 1.54) is 17.5 Å². The molecule has 0 atom stereocenters. The number of ether oxygens (including phenoxy) is 1. The van der Waals surface area contributed by atoms with Gasteiger partial charge in [0, 0.05) is 24.7 Å². The Balaban J connectivity index is 1.66. The first kappa shape index (κ1) is 17.6. The number of fused-ring (bicyclic) bond motifs is 2. The van der Waals surface area contributed by atoms with Crippen LogP contribution in [0.25, 0.3) is 16.4 Å². The van der Waals surface area contributed by atoms with E-state index in [9.17, 15) is 14.4 Å². The van der Waals surface area contributed by atoms with Crippen molar-refractivity contribution in [2.24, 2.45) is 7.05 Å². The van der Waals surface area contributed by atoms with Crippen LogP contribution in [0, 0.1) is 6.92 Å². The normalized spacial score (nSPS) is 11.1. The van der Waals surface area contributed by atoms with Crippen molar-refractivity contribution in [1.29, 1.82) is 0 Å². The molecule has 0 N–H and O–H groups in total. The summed E-state index contributed by atoms with van der Waals surface area (Å²) in [7, 11) is 1.47. The lowest BCUT2D eigenvalue weighted by molar-refractivity contribution is 0.0460. The molecule has 0 spiro atoms. The number of pyridine rings is 1. The van der Waals surface area contributed by atoms with Crippen LogP contribution in [0.5, 0.6) is 0 Å². The van der Waals surface area contributed by atoms with Crippen molar-refractivity contribution in [2.45, 2.75) is 13.5 Å². The van der Waals surface area contributed by atoms with Crippen LogP contribution in [0.1, 0.15) is 21.7 Å². The molecule has 3 aromatic heterocycles. The molecular weight excluding hydrogens is 360 g/mol. The van der Waals surface area contributed by atoms with Crippen LogP contribution in [0.3, 0.4) is 0 Å². The summed E-state index contributed by atoms with van der Waals surface area (Å²) in [6.07, 6.45) is 1.65. The fourth-order valence-corrected chi connectivity index (χ4v) is 2.99. The van der Waals surface area contributed by atoms with Gasteiger partial charge in [0.15, 0.2) is 5.69 Å². The second-order valence-corrected chi connectivity index (χ2v) is 6.42. The second kappa shape index (κ2) is 6.73. The molecule has 0 aliphatic carbocycles. The molecule has 8 nitrogen and oxygen atoms in total. The van der Waals surface area contributed by atoms with Crippen LogP contribution >= 0.6 is 0 Å². The Hall–Kier alpha value is -3.81. The summed E-state index contributed by atoms with van der Waals surface area (Å²) in [6.45, 7) is 1.71. The molecule has 0 fully saturated rings. The van der Waals surface area contributed by atoms with Gasteiger partial charge in [-0.1, -0.05) is 18.2 Å². The van der Waals surface area contributed by atoms with E-state index in [1.54, 1.807) is 36.5 Å². The highest BCUT2D eigenvalue weighted by Crippen LogP contribution is 2.14. The molecule has 3 heterocycles. The topological polar surface area (TPSA) is 95.6 Å². The van der Waals surface area contributed by atoms with E-state index in [1.807, 2.05) is 13.0 Å². The van der Waals surface area contributed by atoms with E-state index in [4.69, 9.17) is 4.74 Å². The Morgan fingerprint density at radius 1 is 1.11 bits per heavy atom. The third kappa shape index (κ3) is 3.05. The van der Waals surface area contributed by atoms with Gasteiger partial charge in [-0.3, -0.25) is 14.0 Å². The zero-order chi connectivity index (χ0) is 19.8. The highest BCUT2D eigenvalue weighted by atomic mass is 16.5. The van der Waals surface area contributed by atoms with Crippen LogP contribution < -0.4 is 11.1 Å². The van der Waals surface area contributed by atoms with Crippen molar-refractivity contribution < 1.29 is 9.53 Å². The number of aryl methyl sites for hydroxylation is 2. The smallest absolute Gasteiger partial charge is 0.359 e. The summed E-state index contributed by atoms with van der Waals surface area (Å²) in [5, 5.41) is 4.83. The SMILES string of the molecule is Cc1ccn2c(=O)cc(COC(=O)c3nn(C)c(=O)c4ccccc34)nc2c1. The number of aromatic nitrogens is 4. The van der Waals surface area contributed by atoms with Gasteiger partial charge in [-0.05, 0) is 30.7 Å². The van der Waals surface area contributed by atoms with Crippen molar-refractivity contribution in [3.05, 3.63) is 86.3 Å². The van der Waals surface area contributed by atoms with E-state index in [-0.39, 0.29) is 23.4 Å². The Labute approximate surface area is 158 Å². The van der Waals surface area contributed by atoms with Crippen LogP contribution in [-0.4, -0.2) is 25.1 Å². The summed E-state index contributed by atoms with van der Waals surface area (Å²) in [5.41, 5.74) is 1.24. The van der Waals surface area contributed by atoms with Gasteiger partial charge in [0.1, 0.15) is 12.3 Å². The van der Waals surface area contributed by atoms with Crippen LogP contribution in [-0.2, 0) is 18.4 Å². The van der Waals surface area contributed by atoms with Crippen molar-refractivity contribution >= 4 is 22.4 Å². The molecule has 0 aliphatic rings. The van der Waals surface area contributed by atoms with Gasteiger partial charge in [-0.25, -0.2) is 14.5 Å². The highest BCUT2D eigenvalue weighted by Gasteiger charge is 2.17. The maximum atomic E-state index is 12.6. The van der Waals surface area contributed by atoms with Gasteiger partial charge in [0.2, 0.25) is 0 Å².